The fraction of sp³-hybridized carbons (Fsp3) is 0.304. The number of hydrogen-bond donors (Lipinski definition) is 8. The second-order valence-corrected chi connectivity index (χ2v) is 21.8. The zero-order valence-corrected chi connectivity index (χ0v) is 52.3. The third-order valence-electron chi connectivity index (χ3n) is 14.1. The summed E-state index contributed by atoms with van der Waals surface area (Å²) >= 11 is 0. The molecular formula is C69H76CaF2N4O12. The fourth-order valence-corrected chi connectivity index (χ4v) is 10.4. The van der Waals surface area contributed by atoms with Gasteiger partial charge in [0.15, 0.2) is 0 Å². The average molecular weight is 1230 g/mol. The van der Waals surface area contributed by atoms with E-state index in [1.807, 2.05) is 134 Å². The average Bonchev–Trinajstić information content (AvgIpc) is 1.61. The Morgan fingerprint density at radius 3 is 1.02 bits per heavy atom. The number of amides is 2. The molecule has 19 heteroatoms. The van der Waals surface area contributed by atoms with Gasteiger partial charge in [-0.2, -0.15) is 0 Å². The smallest absolute Gasteiger partial charge is 0.550 e. The molecule has 0 bridgehead atoms. The molecule has 6 aromatic carbocycles. The Morgan fingerprint density at radius 1 is 0.455 bits per heavy atom. The molecule has 5 atom stereocenters. The molecule has 8 rings (SSSR count). The van der Waals surface area contributed by atoms with Crippen LogP contribution in [0.5, 0.6) is 0 Å². The number of carbonyl (C=O) groups is 4. The van der Waals surface area contributed by atoms with E-state index in [0.717, 1.165) is 22.5 Å². The predicted octanol–water partition coefficient (Wildman–Crippen LogP) is 8.94. The van der Waals surface area contributed by atoms with Gasteiger partial charge in [0.25, 0.3) is 11.8 Å². The van der Waals surface area contributed by atoms with Crippen LogP contribution in [0.15, 0.2) is 170 Å². The Labute approximate surface area is 541 Å². The number of aliphatic hydroxyl groups is 6. The number of nitrogens with zero attached hydrogens (tertiary/aromatic N) is 2. The molecule has 460 valence electrons. The summed E-state index contributed by atoms with van der Waals surface area (Å²) in [5.74, 6) is -4.41. The van der Waals surface area contributed by atoms with E-state index in [1.165, 1.54) is 31.2 Å². The number of halogens is 2. The normalized spacial score (nSPS) is 12.7. The third kappa shape index (κ3) is 20.3. The third-order valence-corrected chi connectivity index (χ3v) is 14.1. The molecule has 0 saturated carbocycles. The number of aliphatic carboxylic acids is 2. The first-order chi connectivity index (χ1) is 41.6. The van der Waals surface area contributed by atoms with E-state index in [4.69, 9.17) is 10.2 Å². The van der Waals surface area contributed by atoms with E-state index in [1.54, 1.807) is 48.5 Å². The maximum absolute atomic E-state index is 14.0. The minimum Gasteiger partial charge on any atom is -0.550 e. The van der Waals surface area contributed by atoms with E-state index in [-0.39, 0.29) is 107 Å². The zero-order chi connectivity index (χ0) is 63.3. The summed E-state index contributed by atoms with van der Waals surface area (Å²) in [7, 11) is 0. The molecule has 2 aromatic heterocycles. The van der Waals surface area contributed by atoms with E-state index in [0.29, 0.717) is 56.1 Å². The molecule has 0 fully saturated rings. The molecule has 88 heavy (non-hydrogen) atoms. The number of carboxylic acid groups (broad SMARTS) is 2. The van der Waals surface area contributed by atoms with Gasteiger partial charge in [0.1, 0.15) is 11.6 Å². The summed E-state index contributed by atoms with van der Waals surface area (Å²) in [5.41, 5.74) is 9.43. The molecule has 2 amide bonds. The first kappa shape index (κ1) is 71.4. The molecule has 8 N–H and O–H groups in total. The van der Waals surface area contributed by atoms with Gasteiger partial charge in [0, 0.05) is 71.8 Å². The largest absolute Gasteiger partial charge is 2.00 e. The van der Waals surface area contributed by atoms with Crippen molar-refractivity contribution >= 4 is 72.9 Å². The van der Waals surface area contributed by atoms with Gasteiger partial charge in [0.2, 0.25) is 0 Å². The number of anilines is 2. The molecule has 0 aliphatic carbocycles. The molecular weight excluding hydrogens is 1150 g/mol. The van der Waals surface area contributed by atoms with Crippen molar-refractivity contribution in [3.63, 3.8) is 0 Å². The Hall–Kier alpha value is -7.36. The summed E-state index contributed by atoms with van der Waals surface area (Å²) in [6, 6.07) is 49.4. The van der Waals surface area contributed by atoms with Crippen LogP contribution in [-0.4, -0.2) is 138 Å². The van der Waals surface area contributed by atoms with Crippen molar-refractivity contribution in [1.82, 2.24) is 9.13 Å². The summed E-state index contributed by atoms with van der Waals surface area (Å²) in [6.07, 6.45) is -6.10. The van der Waals surface area contributed by atoms with Crippen molar-refractivity contribution in [2.75, 3.05) is 17.2 Å². The van der Waals surface area contributed by atoms with Gasteiger partial charge in [-0.15, -0.1) is 0 Å². The topological polar surface area (TPSA) is 270 Å². The van der Waals surface area contributed by atoms with Gasteiger partial charge >= 0.3 is 37.7 Å². The monoisotopic (exact) mass is 1230 g/mol. The van der Waals surface area contributed by atoms with E-state index in [9.17, 15) is 58.6 Å². The number of carbonyl (C=O) groups excluding carboxylic acids is 4. The molecule has 16 nitrogen and oxygen atoms in total. The molecule has 0 radical (unpaired) electrons. The minimum atomic E-state index is -1.39. The van der Waals surface area contributed by atoms with Gasteiger partial charge in [-0.1, -0.05) is 125 Å². The first-order valence-electron chi connectivity index (χ1n) is 28.9. The molecule has 8 aromatic rings. The standard InChI is InChI=1S/2C33H35FN2O5.C3H8O2.Ca/c2*1-21(2)31-30(33(41)35-25-11-7-4-8-12-25)29(22-9-5-3-6-10-22)32(23-13-15-24(34)16-14-23)36(31)18-17-26(37)19-27(38)20-28(39)40;1-3(5)2-4;/h2*3-16,21,26-27,37-38H,17-20H2,1-2H3,(H,35,41)(H,39,40);3-5H,2H2,1H3;/q;;;+2/p-2/t2*26-,27-;;/m11../s1. The summed E-state index contributed by atoms with van der Waals surface area (Å²) in [6.45, 7) is 9.83. The van der Waals surface area contributed by atoms with Gasteiger partial charge in [-0.05, 0) is 139 Å². The molecule has 2 heterocycles. The minimum absolute atomic E-state index is 0. The van der Waals surface area contributed by atoms with E-state index >= 15 is 0 Å². The quantitative estimate of drug-likeness (QED) is 0.0249. The van der Waals surface area contributed by atoms with Crippen LogP contribution in [0.1, 0.15) is 117 Å². The number of benzene rings is 6. The van der Waals surface area contributed by atoms with Crippen molar-refractivity contribution in [1.29, 1.82) is 0 Å². The number of rotatable bonds is 25. The molecule has 0 saturated heterocycles. The zero-order valence-electron chi connectivity index (χ0n) is 50.1. The maximum Gasteiger partial charge on any atom is 2.00 e. The number of carboxylic acids is 2. The van der Waals surface area contributed by atoms with Crippen molar-refractivity contribution in [2.45, 2.75) is 129 Å². The number of hydrogen-bond acceptors (Lipinski definition) is 12. The SMILES string of the molecule is CC(C)c1c(C(=O)Nc2ccccc2)c(-c2ccccc2)c(-c2ccc(F)cc2)n1CC[C@@H](O)C[C@@H](O)CC(=O)[O-].CC(C)c1c(C(=O)Nc2ccccc2)c(-c2ccccc2)c(-c2ccc(F)cc2)n1CC[C@@H](O)C[C@@H](O)CC(=O)[O-].CC(O)CO.[Ca+2]. The van der Waals surface area contributed by atoms with E-state index < -0.39 is 66.9 Å². The number of aliphatic hydroxyl groups excluding tert-OH is 6. The van der Waals surface area contributed by atoms with Gasteiger partial charge in [-0.3, -0.25) is 9.59 Å². The number of nitrogens with one attached hydrogen (secondary N) is 2. The summed E-state index contributed by atoms with van der Waals surface area (Å²) < 4.78 is 32.0. The maximum atomic E-state index is 14.0. The van der Waals surface area contributed by atoms with Crippen molar-refractivity contribution in [3.05, 3.63) is 204 Å². The molecule has 1 unspecified atom stereocenters. The van der Waals surface area contributed by atoms with Gasteiger partial charge < -0.3 is 70.2 Å². The van der Waals surface area contributed by atoms with Crippen LogP contribution in [0.25, 0.3) is 44.8 Å². The van der Waals surface area contributed by atoms with Crippen LogP contribution in [0.2, 0.25) is 0 Å². The van der Waals surface area contributed by atoms with Crippen molar-refractivity contribution in [2.24, 2.45) is 0 Å². The van der Waals surface area contributed by atoms with Crippen molar-refractivity contribution < 1.29 is 68.8 Å². The van der Waals surface area contributed by atoms with Gasteiger partial charge in [0.05, 0.1) is 59.6 Å². The summed E-state index contributed by atoms with van der Waals surface area (Å²) in [4.78, 5) is 49.8. The Morgan fingerprint density at radius 2 is 0.750 bits per heavy atom. The number of para-hydroxylation sites is 2. The molecule has 0 spiro atoms. The van der Waals surface area contributed by atoms with Crippen LogP contribution in [0, 0.1) is 11.6 Å². The molecule has 0 aliphatic heterocycles. The van der Waals surface area contributed by atoms with Gasteiger partial charge in [-0.25, -0.2) is 8.78 Å². The predicted molar refractivity (Wildman–Crippen MR) is 334 cm³/mol. The van der Waals surface area contributed by atoms with Crippen LogP contribution in [-0.2, 0) is 22.7 Å². The Balaban J connectivity index is 0.000000294. The first-order valence-corrected chi connectivity index (χ1v) is 28.9. The van der Waals surface area contributed by atoms with Crippen LogP contribution in [0.3, 0.4) is 0 Å². The van der Waals surface area contributed by atoms with Crippen LogP contribution < -0.4 is 20.8 Å². The molecule has 0 aliphatic rings. The Kier molecular flexibility index (Phi) is 28.4. The summed E-state index contributed by atoms with van der Waals surface area (Å²) in [5, 5.41) is 85.2. The van der Waals surface area contributed by atoms with Crippen molar-refractivity contribution in [3.8, 4) is 44.8 Å². The Bertz CT molecular complexity index is 3250. The van der Waals surface area contributed by atoms with E-state index in [2.05, 4.69) is 10.6 Å². The second-order valence-electron chi connectivity index (χ2n) is 21.8. The second kappa shape index (κ2) is 35.0. The van der Waals surface area contributed by atoms with Crippen LogP contribution >= 0.6 is 0 Å². The fourth-order valence-electron chi connectivity index (χ4n) is 10.4. The number of aromatic nitrogens is 2. The van der Waals surface area contributed by atoms with Crippen LogP contribution in [0.4, 0.5) is 20.2 Å².